The number of para-hydroxylation sites is 1. The Bertz CT molecular complexity index is 648. The second kappa shape index (κ2) is 8.73. The van der Waals surface area contributed by atoms with Gasteiger partial charge in [-0.15, -0.1) is 10.2 Å². The Morgan fingerprint density at radius 1 is 1.39 bits per heavy atom. The summed E-state index contributed by atoms with van der Waals surface area (Å²) < 4.78 is 6.48. The van der Waals surface area contributed by atoms with E-state index < -0.39 is 0 Å². The summed E-state index contributed by atoms with van der Waals surface area (Å²) in [6.45, 7) is 3.10. The first-order valence-electron chi connectivity index (χ1n) is 7.26. The van der Waals surface area contributed by atoms with Crippen LogP contribution in [0.25, 0.3) is 0 Å². The van der Waals surface area contributed by atoms with Gasteiger partial charge >= 0.3 is 0 Å². The van der Waals surface area contributed by atoms with Crippen LogP contribution in [0.15, 0.2) is 28.6 Å². The number of aryl methyl sites for hydroxylation is 1. The van der Waals surface area contributed by atoms with Crippen molar-refractivity contribution < 1.29 is 9.53 Å². The number of nitrogens with two attached hydrogens (primary N) is 1. The molecule has 124 valence electrons. The molecule has 8 heteroatoms. The second-order valence-electron chi connectivity index (χ2n) is 4.82. The molecule has 0 fully saturated rings. The van der Waals surface area contributed by atoms with Crippen LogP contribution in [0.3, 0.4) is 0 Å². The number of benzene rings is 1. The molecule has 0 spiro atoms. The number of amides is 1. The van der Waals surface area contributed by atoms with E-state index in [2.05, 4.69) is 23.2 Å². The predicted molar refractivity (Wildman–Crippen MR) is 94.0 cm³/mol. The van der Waals surface area contributed by atoms with E-state index in [4.69, 9.17) is 10.5 Å². The number of anilines is 1. The molecule has 0 radical (unpaired) electrons. The van der Waals surface area contributed by atoms with E-state index in [1.807, 2.05) is 18.2 Å². The largest absolute Gasteiger partial charge is 0.491 e. The van der Waals surface area contributed by atoms with Gasteiger partial charge in [-0.2, -0.15) is 0 Å². The smallest absolute Gasteiger partial charge is 0.232 e. The predicted octanol–water partition coefficient (Wildman–Crippen LogP) is 2.31. The van der Waals surface area contributed by atoms with Crippen molar-refractivity contribution in [3.8, 4) is 5.75 Å². The summed E-state index contributed by atoms with van der Waals surface area (Å²) in [4.78, 5) is 13.7. The summed E-state index contributed by atoms with van der Waals surface area (Å²) in [5, 5.41) is 8.01. The molecule has 0 saturated heterocycles. The number of carbonyl (C=O) groups excluding carboxylic acids is 1. The number of carbonyl (C=O) groups is 1. The van der Waals surface area contributed by atoms with Gasteiger partial charge in [0.15, 0.2) is 4.34 Å². The van der Waals surface area contributed by atoms with Gasteiger partial charge in [0.2, 0.25) is 11.0 Å². The maximum absolute atomic E-state index is 12.1. The minimum absolute atomic E-state index is 0.0242. The highest BCUT2D eigenvalue weighted by atomic mass is 32.2. The molecule has 2 aromatic rings. The third-order valence-corrected chi connectivity index (χ3v) is 5.08. The minimum atomic E-state index is 0.0242. The third-order valence-electron chi connectivity index (χ3n) is 3.20. The van der Waals surface area contributed by atoms with Gasteiger partial charge in [0.25, 0.3) is 0 Å². The zero-order chi connectivity index (χ0) is 16.7. The van der Waals surface area contributed by atoms with E-state index in [-0.39, 0.29) is 5.91 Å². The van der Waals surface area contributed by atoms with Crippen molar-refractivity contribution in [1.29, 1.82) is 0 Å². The number of rotatable bonds is 8. The van der Waals surface area contributed by atoms with E-state index in [9.17, 15) is 4.79 Å². The van der Waals surface area contributed by atoms with Crippen LogP contribution in [0.2, 0.25) is 0 Å². The molecule has 2 rings (SSSR count). The first-order chi connectivity index (χ1) is 11.1. The number of hydrogen-bond donors (Lipinski definition) is 1. The molecule has 0 aliphatic carbocycles. The van der Waals surface area contributed by atoms with Gasteiger partial charge in [0, 0.05) is 7.05 Å². The average Bonchev–Trinajstić information content (AvgIpc) is 2.98. The van der Waals surface area contributed by atoms with Crippen LogP contribution in [0.1, 0.15) is 12.5 Å². The maximum Gasteiger partial charge on any atom is 0.232 e. The highest BCUT2D eigenvalue weighted by Gasteiger charge is 2.11. The number of likely N-dealkylation sites (N-methyl/N-ethyl adjacent to an activating group) is 1. The molecule has 2 N–H and O–H groups in total. The molecule has 0 atom stereocenters. The lowest BCUT2D eigenvalue weighted by Gasteiger charge is -2.17. The van der Waals surface area contributed by atoms with Crippen LogP contribution >= 0.6 is 23.1 Å². The van der Waals surface area contributed by atoms with E-state index >= 15 is 0 Å². The van der Waals surface area contributed by atoms with E-state index in [1.54, 1.807) is 11.9 Å². The molecule has 1 aromatic carbocycles. The standard InChI is InChI=1S/C15H20N4O2S2/c1-3-11-6-4-5-7-12(11)21-9-8-19(2)13(20)10-22-15-18-17-14(16)23-15/h4-7H,3,8-10H2,1-2H3,(H2,16,17). The number of hydrogen-bond acceptors (Lipinski definition) is 7. The van der Waals surface area contributed by atoms with Crippen molar-refractivity contribution in [1.82, 2.24) is 15.1 Å². The highest BCUT2D eigenvalue weighted by Crippen LogP contribution is 2.23. The number of nitrogen functional groups attached to an aromatic ring is 1. The molecule has 0 bridgehead atoms. The molecule has 0 aliphatic rings. The number of nitrogens with zero attached hydrogens (tertiary/aromatic N) is 3. The summed E-state index contributed by atoms with van der Waals surface area (Å²) in [5.74, 6) is 1.22. The lowest BCUT2D eigenvalue weighted by molar-refractivity contribution is -0.127. The van der Waals surface area contributed by atoms with Gasteiger partial charge in [0.05, 0.1) is 12.3 Å². The Morgan fingerprint density at radius 3 is 2.87 bits per heavy atom. The van der Waals surface area contributed by atoms with Crippen molar-refractivity contribution in [3.05, 3.63) is 29.8 Å². The molecule has 1 heterocycles. The second-order valence-corrected chi connectivity index (χ2v) is 7.05. The molecular formula is C15H20N4O2S2. The van der Waals surface area contributed by atoms with Gasteiger partial charge in [-0.05, 0) is 18.1 Å². The minimum Gasteiger partial charge on any atom is -0.491 e. The molecule has 0 aliphatic heterocycles. The fourth-order valence-electron chi connectivity index (χ4n) is 1.87. The fraction of sp³-hybridized carbons (Fsp3) is 0.400. The summed E-state index contributed by atoms with van der Waals surface area (Å²) in [5.41, 5.74) is 6.68. The molecule has 0 unspecified atom stereocenters. The number of thioether (sulfide) groups is 1. The lowest BCUT2D eigenvalue weighted by Crippen LogP contribution is -2.32. The third kappa shape index (κ3) is 5.40. The molecule has 1 aromatic heterocycles. The van der Waals surface area contributed by atoms with Gasteiger partial charge in [-0.25, -0.2) is 0 Å². The Hall–Kier alpha value is -1.80. The molecular weight excluding hydrogens is 332 g/mol. The van der Waals surface area contributed by atoms with Gasteiger partial charge in [0.1, 0.15) is 12.4 Å². The summed E-state index contributed by atoms with van der Waals surface area (Å²) >= 11 is 2.63. The summed E-state index contributed by atoms with van der Waals surface area (Å²) in [6.07, 6.45) is 0.923. The quantitative estimate of drug-likeness (QED) is 0.734. The van der Waals surface area contributed by atoms with E-state index in [0.717, 1.165) is 12.2 Å². The van der Waals surface area contributed by atoms with Crippen LogP contribution in [0.5, 0.6) is 5.75 Å². The van der Waals surface area contributed by atoms with Crippen molar-refractivity contribution in [2.24, 2.45) is 0 Å². The number of aromatic nitrogens is 2. The van der Waals surface area contributed by atoms with Gasteiger partial charge < -0.3 is 15.4 Å². The van der Waals surface area contributed by atoms with Crippen molar-refractivity contribution in [2.75, 3.05) is 31.7 Å². The molecule has 1 amide bonds. The Morgan fingerprint density at radius 2 is 2.17 bits per heavy atom. The molecule has 0 saturated carbocycles. The summed E-state index contributed by atoms with van der Waals surface area (Å²) in [7, 11) is 1.77. The monoisotopic (exact) mass is 352 g/mol. The average molecular weight is 352 g/mol. The highest BCUT2D eigenvalue weighted by molar-refractivity contribution is 8.01. The van der Waals surface area contributed by atoms with Crippen molar-refractivity contribution in [3.63, 3.8) is 0 Å². The zero-order valence-corrected chi connectivity index (χ0v) is 14.8. The van der Waals surface area contributed by atoms with Crippen LogP contribution in [-0.2, 0) is 11.2 Å². The zero-order valence-electron chi connectivity index (χ0n) is 13.2. The maximum atomic E-state index is 12.1. The number of ether oxygens (including phenoxy) is 1. The van der Waals surface area contributed by atoms with E-state index in [1.165, 1.54) is 28.7 Å². The van der Waals surface area contributed by atoms with Crippen LogP contribution in [0, 0.1) is 0 Å². The molecule has 23 heavy (non-hydrogen) atoms. The SMILES string of the molecule is CCc1ccccc1OCCN(C)C(=O)CSc1nnc(N)s1. The Kier molecular flexibility index (Phi) is 6.66. The van der Waals surface area contributed by atoms with Crippen LogP contribution in [0.4, 0.5) is 5.13 Å². The first-order valence-corrected chi connectivity index (χ1v) is 9.06. The first kappa shape index (κ1) is 17.6. The Labute approximate surface area is 144 Å². The van der Waals surface area contributed by atoms with Crippen molar-refractivity contribution in [2.45, 2.75) is 17.7 Å². The van der Waals surface area contributed by atoms with Crippen LogP contribution in [-0.4, -0.2) is 47.0 Å². The van der Waals surface area contributed by atoms with Crippen LogP contribution < -0.4 is 10.5 Å². The topological polar surface area (TPSA) is 81.3 Å². The summed E-state index contributed by atoms with van der Waals surface area (Å²) in [6, 6.07) is 7.96. The van der Waals surface area contributed by atoms with Gasteiger partial charge in [-0.1, -0.05) is 48.2 Å². The van der Waals surface area contributed by atoms with Gasteiger partial charge in [-0.3, -0.25) is 4.79 Å². The van der Waals surface area contributed by atoms with E-state index in [0.29, 0.717) is 28.4 Å². The fourth-order valence-corrected chi connectivity index (χ4v) is 3.44. The lowest BCUT2D eigenvalue weighted by atomic mass is 10.1. The normalized spacial score (nSPS) is 10.5. The Balaban J connectivity index is 1.73. The van der Waals surface area contributed by atoms with Crippen molar-refractivity contribution >= 4 is 34.1 Å². The molecule has 6 nitrogen and oxygen atoms in total.